The van der Waals surface area contributed by atoms with E-state index in [0.29, 0.717) is 12.6 Å². The van der Waals surface area contributed by atoms with Crippen LogP contribution in [0.25, 0.3) is 0 Å². The third-order valence-corrected chi connectivity index (χ3v) is 4.95. The lowest BCUT2D eigenvalue weighted by Gasteiger charge is -2.24. The largest absolute Gasteiger partial charge is 0.373 e. The Hall–Kier alpha value is -1.56. The average Bonchev–Trinajstić information content (AvgIpc) is 3.29. The van der Waals surface area contributed by atoms with E-state index in [4.69, 9.17) is 9.84 Å². The second-order valence-corrected chi connectivity index (χ2v) is 6.91. The van der Waals surface area contributed by atoms with E-state index in [9.17, 15) is 0 Å². The Kier molecular flexibility index (Phi) is 5.20. The normalized spacial score (nSPS) is 25.9. The molecule has 23 heavy (non-hydrogen) atoms. The number of aromatic nitrogens is 2. The highest BCUT2D eigenvalue weighted by Gasteiger charge is 2.29. The zero-order valence-electron chi connectivity index (χ0n) is 14.3. The maximum atomic E-state index is 5.80. The Morgan fingerprint density at radius 1 is 1.39 bits per heavy atom. The molecule has 2 heterocycles. The van der Waals surface area contributed by atoms with Crippen LogP contribution in [0, 0.1) is 0 Å². The van der Waals surface area contributed by atoms with Crippen molar-refractivity contribution in [2.45, 2.75) is 63.6 Å². The fraction of sp³-hybridized carbons (Fsp3) is 0.765. The van der Waals surface area contributed by atoms with Crippen molar-refractivity contribution in [3.8, 4) is 0 Å². The number of rotatable bonds is 5. The Bertz CT molecular complexity index is 527. The molecule has 6 nitrogen and oxygen atoms in total. The van der Waals surface area contributed by atoms with Crippen molar-refractivity contribution in [2.24, 2.45) is 4.99 Å². The van der Waals surface area contributed by atoms with E-state index >= 15 is 0 Å². The fourth-order valence-electron chi connectivity index (χ4n) is 3.49. The number of guanidine groups is 1. The van der Waals surface area contributed by atoms with Crippen LogP contribution in [0.5, 0.6) is 0 Å². The molecule has 3 rings (SSSR count). The summed E-state index contributed by atoms with van der Waals surface area (Å²) in [4.78, 5) is 4.28. The smallest absolute Gasteiger partial charge is 0.191 e. The van der Waals surface area contributed by atoms with Gasteiger partial charge in [-0.05, 0) is 38.7 Å². The van der Waals surface area contributed by atoms with Gasteiger partial charge in [0.15, 0.2) is 5.96 Å². The first-order valence-corrected chi connectivity index (χ1v) is 8.81. The topological polar surface area (TPSA) is 63.5 Å². The van der Waals surface area contributed by atoms with Gasteiger partial charge in [-0.1, -0.05) is 12.8 Å². The molecule has 1 saturated heterocycles. The SMILES string of the molecule is CN=C(NCc1ccn(C2CCCC2)n1)NCC1(C)CCCO1. The predicted octanol–water partition coefficient (Wildman–Crippen LogP) is 2.23. The van der Waals surface area contributed by atoms with Crippen molar-refractivity contribution in [3.05, 3.63) is 18.0 Å². The Morgan fingerprint density at radius 3 is 2.91 bits per heavy atom. The second kappa shape index (κ2) is 7.34. The minimum absolute atomic E-state index is 0.0678. The Balaban J connectivity index is 1.46. The monoisotopic (exact) mass is 319 g/mol. The van der Waals surface area contributed by atoms with E-state index in [1.807, 2.05) is 0 Å². The summed E-state index contributed by atoms with van der Waals surface area (Å²) in [5, 5.41) is 11.4. The fourth-order valence-corrected chi connectivity index (χ4v) is 3.49. The van der Waals surface area contributed by atoms with Gasteiger partial charge in [0.05, 0.1) is 23.9 Å². The maximum absolute atomic E-state index is 5.80. The van der Waals surface area contributed by atoms with Crippen molar-refractivity contribution < 1.29 is 4.74 Å². The number of hydrogen-bond donors (Lipinski definition) is 2. The van der Waals surface area contributed by atoms with Crippen LogP contribution in [0.1, 0.15) is 57.2 Å². The van der Waals surface area contributed by atoms with Crippen LogP contribution in [0.3, 0.4) is 0 Å². The summed E-state index contributed by atoms with van der Waals surface area (Å²) in [5.74, 6) is 0.803. The van der Waals surface area contributed by atoms with Crippen LogP contribution in [-0.2, 0) is 11.3 Å². The molecule has 1 aromatic heterocycles. The molecule has 2 N–H and O–H groups in total. The molecule has 1 aliphatic carbocycles. The van der Waals surface area contributed by atoms with Gasteiger partial charge in [-0.25, -0.2) is 0 Å². The van der Waals surface area contributed by atoms with E-state index in [1.54, 1.807) is 7.05 Å². The zero-order chi connectivity index (χ0) is 16.1. The molecule has 1 aliphatic heterocycles. The van der Waals surface area contributed by atoms with Crippen molar-refractivity contribution in [2.75, 3.05) is 20.2 Å². The van der Waals surface area contributed by atoms with E-state index in [0.717, 1.165) is 37.6 Å². The molecule has 2 aliphatic rings. The van der Waals surface area contributed by atoms with Crippen LogP contribution >= 0.6 is 0 Å². The van der Waals surface area contributed by atoms with Gasteiger partial charge in [-0.15, -0.1) is 0 Å². The summed E-state index contributed by atoms with van der Waals surface area (Å²) in [7, 11) is 1.80. The van der Waals surface area contributed by atoms with E-state index < -0.39 is 0 Å². The summed E-state index contributed by atoms with van der Waals surface area (Å²) in [5.41, 5.74) is 0.991. The van der Waals surface area contributed by atoms with Crippen molar-refractivity contribution >= 4 is 5.96 Å². The van der Waals surface area contributed by atoms with Crippen molar-refractivity contribution in [1.29, 1.82) is 0 Å². The Labute approximate surface area is 138 Å². The lowest BCUT2D eigenvalue weighted by molar-refractivity contribution is 0.0243. The minimum atomic E-state index is -0.0678. The number of nitrogens with one attached hydrogen (secondary N) is 2. The first kappa shape index (κ1) is 16.3. The highest BCUT2D eigenvalue weighted by molar-refractivity contribution is 5.79. The molecule has 1 aromatic rings. The summed E-state index contributed by atoms with van der Waals surface area (Å²) in [6.07, 6.45) is 9.53. The van der Waals surface area contributed by atoms with Gasteiger partial charge in [-0.2, -0.15) is 5.10 Å². The second-order valence-electron chi connectivity index (χ2n) is 6.91. The molecule has 1 unspecified atom stereocenters. The van der Waals surface area contributed by atoms with Crippen LogP contribution in [0.2, 0.25) is 0 Å². The van der Waals surface area contributed by atoms with Crippen LogP contribution < -0.4 is 10.6 Å². The predicted molar refractivity (Wildman–Crippen MR) is 91.5 cm³/mol. The van der Waals surface area contributed by atoms with E-state index in [-0.39, 0.29) is 5.60 Å². The van der Waals surface area contributed by atoms with E-state index in [2.05, 4.69) is 39.5 Å². The number of hydrogen-bond acceptors (Lipinski definition) is 3. The van der Waals surface area contributed by atoms with Gasteiger partial charge in [0, 0.05) is 26.4 Å². The average molecular weight is 319 g/mol. The third kappa shape index (κ3) is 4.25. The van der Waals surface area contributed by atoms with Crippen molar-refractivity contribution in [1.82, 2.24) is 20.4 Å². The first-order valence-electron chi connectivity index (χ1n) is 8.81. The molecule has 0 radical (unpaired) electrons. The van der Waals surface area contributed by atoms with Gasteiger partial charge < -0.3 is 15.4 Å². The number of aliphatic imine (C=N–C) groups is 1. The van der Waals surface area contributed by atoms with Gasteiger partial charge in [0.1, 0.15) is 0 Å². The van der Waals surface area contributed by atoms with Crippen LogP contribution in [0.15, 0.2) is 17.3 Å². The molecule has 1 atom stereocenters. The molecule has 0 spiro atoms. The van der Waals surface area contributed by atoms with Crippen LogP contribution in [-0.4, -0.2) is 41.5 Å². The quantitative estimate of drug-likeness (QED) is 0.645. The summed E-state index contributed by atoms with van der Waals surface area (Å²) in [6.45, 7) is 4.49. The molecule has 2 fully saturated rings. The lowest BCUT2D eigenvalue weighted by atomic mass is 10.0. The molecule has 128 valence electrons. The maximum Gasteiger partial charge on any atom is 0.191 e. The lowest BCUT2D eigenvalue weighted by Crippen LogP contribution is -2.45. The number of nitrogens with zero attached hydrogens (tertiary/aromatic N) is 3. The highest BCUT2D eigenvalue weighted by atomic mass is 16.5. The minimum Gasteiger partial charge on any atom is -0.373 e. The summed E-state index contributed by atoms with van der Waals surface area (Å²) < 4.78 is 7.93. The third-order valence-electron chi connectivity index (χ3n) is 4.95. The van der Waals surface area contributed by atoms with Crippen molar-refractivity contribution in [3.63, 3.8) is 0 Å². The van der Waals surface area contributed by atoms with Gasteiger partial charge >= 0.3 is 0 Å². The van der Waals surface area contributed by atoms with Gasteiger partial charge in [-0.3, -0.25) is 9.67 Å². The summed E-state index contributed by atoms with van der Waals surface area (Å²) >= 11 is 0. The molecule has 6 heteroatoms. The molecular weight excluding hydrogens is 290 g/mol. The Morgan fingerprint density at radius 2 is 2.22 bits per heavy atom. The molecule has 1 saturated carbocycles. The summed E-state index contributed by atoms with van der Waals surface area (Å²) in [6, 6.07) is 2.70. The van der Waals surface area contributed by atoms with E-state index in [1.165, 1.54) is 25.7 Å². The standard InChI is InChI=1S/C17H29N5O/c1-17(9-5-11-23-17)13-20-16(18-2)19-12-14-8-10-22(21-14)15-6-3-4-7-15/h8,10,15H,3-7,9,11-13H2,1-2H3,(H2,18,19,20). The zero-order valence-corrected chi connectivity index (χ0v) is 14.3. The molecular formula is C17H29N5O. The first-order chi connectivity index (χ1) is 11.2. The molecule has 0 aromatic carbocycles. The number of ether oxygens (including phenoxy) is 1. The molecule has 0 amide bonds. The highest BCUT2D eigenvalue weighted by Crippen LogP contribution is 2.28. The van der Waals surface area contributed by atoms with Gasteiger partial charge in [0.25, 0.3) is 0 Å². The van der Waals surface area contributed by atoms with Gasteiger partial charge in [0.2, 0.25) is 0 Å². The molecule has 0 bridgehead atoms. The van der Waals surface area contributed by atoms with Crippen LogP contribution in [0.4, 0.5) is 0 Å².